The summed E-state index contributed by atoms with van der Waals surface area (Å²) in [6, 6.07) is 6.14. The van der Waals surface area contributed by atoms with E-state index < -0.39 is 29.9 Å². The number of anilines is 3. The first kappa shape index (κ1) is 26.5. The zero-order chi connectivity index (χ0) is 26.6. The van der Waals surface area contributed by atoms with Crippen LogP contribution in [0, 0.1) is 6.92 Å². The number of carbonyl (C=O) groups excluding carboxylic acids is 2. The van der Waals surface area contributed by atoms with E-state index in [0.717, 1.165) is 42.7 Å². The van der Waals surface area contributed by atoms with E-state index in [1.54, 1.807) is 18.3 Å². The normalized spacial score (nSPS) is 15.2. The molecule has 2 heterocycles. The minimum atomic E-state index is -4.59. The molecule has 1 fully saturated rings. The maximum atomic E-state index is 13.2. The molecule has 0 radical (unpaired) electrons. The van der Waals surface area contributed by atoms with Gasteiger partial charge < -0.3 is 15.7 Å². The molecule has 9 nitrogen and oxygen atoms in total. The van der Waals surface area contributed by atoms with E-state index in [4.69, 9.17) is 5.11 Å². The fourth-order valence-corrected chi connectivity index (χ4v) is 5.05. The predicted molar refractivity (Wildman–Crippen MR) is 132 cm³/mol. The number of amides is 2. The summed E-state index contributed by atoms with van der Waals surface area (Å²) in [5.74, 6) is -1.18. The van der Waals surface area contributed by atoms with Gasteiger partial charge in [-0.1, -0.05) is 36.7 Å². The molecule has 4 rings (SSSR count). The van der Waals surface area contributed by atoms with Gasteiger partial charge in [0.2, 0.25) is 11.9 Å². The molecular weight excluding hydrogens is 509 g/mol. The number of halogens is 3. The van der Waals surface area contributed by atoms with Gasteiger partial charge in [-0.25, -0.2) is 15.0 Å². The van der Waals surface area contributed by atoms with Gasteiger partial charge >= 0.3 is 6.18 Å². The number of hydrogen-bond acceptors (Lipinski definition) is 8. The number of rotatable bonds is 7. The van der Waals surface area contributed by atoms with Crippen molar-refractivity contribution >= 4 is 39.9 Å². The molecule has 2 aromatic heterocycles. The molecular formula is C24H25F3N6O3S. The molecule has 0 bridgehead atoms. The van der Waals surface area contributed by atoms with Gasteiger partial charge in [0.25, 0.3) is 5.91 Å². The van der Waals surface area contributed by atoms with Crippen LogP contribution in [0.4, 0.5) is 29.9 Å². The van der Waals surface area contributed by atoms with Crippen molar-refractivity contribution in [2.75, 3.05) is 17.2 Å². The average Bonchev–Trinajstić information content (AvgIpc) is 3.32. The van der Waals surface area contributed by atoms with Gasteiger partial charge in [-0.2, -0.15) is 13.2 Å². The van der Waals surface area contributed by atoms with Crippen molar-refractivity contribution in [1.82, 2.24) is 20.3 Å². The van der Waals surface area contributed by atoms with E-state index in [1.165, 1.54) is 11.3 Å². The number of aliphatic hydroxyl groups is 1. The minimum absolute atomic E-state index is 0.189. The second-order valence-electron chi connectivity index (χ2n) is 8.81. The first-order chi connectivity index (χ1) is 17.6. The summed E-state index contributed by atoms with van der Waals surface area (Å²) < 4.78 is 39.0. The summed E-state index contributed by atoms with van der Waals surface area (Å²) >= 11 is 1.22. The number of nitrogens with zero attached hydrogens (tertiary/aromatic N) is 3. The lowest BCUT2D eigenvalue weighted by Gasteiger charge is -2.36. The average molecular weight is 535 g/mol. The Labute approximate surface area is 214 Å². The van der Waals surface area contributed by atoms with Gasteiger partial charge in [0.1, 0.15) is 17.8 Å². The number of aryl methyl sites for hydroxylation is 1. The number of alkyl halides is 3. The van der Waals surface area contributed by atoms with Crippen LogP contribution in [0.1, 0.15) is 43.4 Å². The highest BCUT2D eigenvalue weighted by atomic mass is 32.1. The lowest BCUT2D eigenvalue weighted by Crippen LogP contribution is -2.58. The van der Waals surface area contributed by atoms with Crippen LogP contribution in [0.15, 0.2) is 36.7 Å². The molecule has 0 atom stereocenters. The van der Waals surface area contributed by atoms with E-state index in [1.807, 2.05) is 13.0 Å². The smallest absolute Gasteiger partial charge is 0.387 e. The molecule has 3 aromatic rings. The molecule has 1 saturated carbocycles. The number of nitrogens with one attached hydrogen (secondary N) is 3. The topological polar surface area (TPSA) is 129 Å². The third-order valence-corrected chi connectivity index (χ3v) is 6.92. The second-order valence-corrected chi connectivity index (χ2v) is 9.84. The fraction of sp³-hybridized carbons (Fsp3) is 0.375. The van der Waals surface area contributed by atoms with Crippen LogP contribution in [0.2, 0.25) is 0 Å². The molecule has 37 heavy (non-hydrogen) atoms. The van der Waals surface area contributed by atoms with Gasteiger partial charge in [-0.05, 0) is 49.1 Å². The van der Waals surface area contributed by atoms with Crippen LogP contribution in [0.25, 0.3) is 10.4 Å². The van der Waals surface area contributed by atoms with Crippen molar-refractivity contribution in [1.29, 1.82) is 0 Å². The molecule has 1 aliphatic carbocycles. The van der Waals surface area contributed by atoms with Gasteiger partial charge in [-0.3, -0.25) is 14.9 Å². The number of hydrogen-bond donors (Lipinski definition) is 4. The molecule has 0 saturated heterocycles. The molecule has 1 aliphatic rings. The lowest BCUT2D eigenvalue weighted by molar-refractivity contribution is -0.141. The minimum Gasteiger partial charge on any atom is -0.387 e. The van der Waals surface area contributed by atoms with E-state index in [0.29, 0.717) is 28.5 Å². The summed E-state index contributed by atoms with van der Waals surface area (Å²) in [6.07, 6.45) is 1.47. The van der Waals surface area contributed by atoms with Crippen LogP contribution < -0.4 is 16.0 Å². The Morgan fingerprint density at radius 3 is 2.59 bits per heavy atom. The fourth-order valence-electron chi connectivity index (χ4n) is 4.26. The van der Waals surface area contributed by atoms with Gasteiger partial charge in [0.15, 0.2) is 5.13 Å². The standard InChI is InChI=1S/C24H25F3N6O3S/c1-14-9-15(11-16(10-14)30-21-28-8-5-18(31-21)24(25,26)27)17-12-29-22(37-17)32-20(36)23(33-19(35)13-34)6-3-2-4-7-23/h5,8-12,34H,2-4,6-7,13H2,1H3,(H,33,35)(H,28,30,31)(H,29,32,36). The van der Waals surface area contributed by atoms with Crippen LogP contribution >= 0.6 is 11.3 Å². The summed E-state index contributed by atoms with van der Waals surface area (Å²) in [7, 11) is 0. The van der Waals surface area contributed by atoms with Crippen molar-refractivity contribution in [3.8, 4) is 10.4 Å². The predicted octanol–water partition coefficient (Wildman–Crippen LogP) is 4.42. The Hall–Kier alpha value is -3.58. The lowest BCUT2D eigenvalue weighted by atomic mass is 9.81. The molecule has 13 heteroatoms. The molecule has 2 amide bonds. The van der Waals surface area contributed by atoms with E-state index >= 15 is 0 Å². The van der Waals surface area contributed by atoms with Crippen molar-refractivity contribution in [2.24, 2.45) is 0 Å². The zero-order valence-electron chi connectivity index (χ0n) is 19.9. The number of thiazole rings is 1. The van der Waals surface area contributed by atoms with Crippen molar-refractivity contribution in [3.05, 3.63) is 47.9 Å². The maximum Gasteiger partial charge on any atom is 0.433 e. The second kappa shape index (κ2) is 10.8. The highest BCUT2D eigenvalue weighted by Crippen LogP contribution is 2.34. The van der Waals surface area contributed by atoms with Crippen LogP contribution in [0.5, 0.6) is 0 Å². The first-order valence-corrected chi connectivity index (χ1v) is 12.4. The Bertz CT molecular complexity index is 1290. The number of benzene rings is 1. The molecule has 4 N–H and O–H groups in total. The molecule has 0 spiro atoms. The van der Waals surface area contributed by atoms with Crippen molar-refractivity contribution < 1.29 is 27.9 Å². The summed E-state index contributed by atoms with van der Waals surface area (Å²) in [5, 5.41) is 17.8. The van der Waals surface area contributed by atoms with Crippen LogP contribution in [0.3, 0.4) is 0 Å². The number of carbonyl (C=O) groups is 2. The molecule has 0 aliphatic heterocycles. The van der Waals surface area contributed by atoms with Gasteiger partial charge in [0.05, 0.1) is 4.88 Å². The van der Waals surface area contributed by atoms with Crippen molar-refractivity contribution in [2.45, 2.75) is 50.7 Å². The largest absolute Gasteiger partial charge is 0.433 e. The molecule has 1 aromatic carbocycles. The van der Waals surface area contributed by atoms with Gasteiger partial charge in [0, 0.05) is 18.1 Å². The third kappa shape index (κ3) is 6.41. The van der Waals surface area contributed by atoms with Crippen LogP contribution in [-0.2, 0) is 15.8 Å². The Morgan fingerprint density at radius 1 is 1.14 bits per heavy atom. The van der Waals surface area contributed by atoms with E-state index in [-0.39, 0.29) is 11.9 Å². The SMILES string of the molecule is Cc1cc(Nc2nccc(C(F)(F)F)n2)cc(-c2cnc(NC(=O)C3(NC(=O)CO)CCCCC3)s2)c1. The first-order valence-electron chi connectivity index (χ1n) is 11.6. The quantitative estimate of drug-likeness (QED) is 0.353. The third-order valence-electron chi connectivity index (χ3n) is 5.95. The monoisotopic (exact) mass is 534 g/mol. The Kier molecular flexibility index (Phi) is 7.73. The van der Waals surface area contributed by atoms with E-state index in [9.17, 15) is 22.8 Å². The van der Waals surface area contributed by atoms with Crippen molar-refractivity contribution in [3.63, 3.8) is 0 Å². The maximum absolute atomic E-state index is 13.2. The Balaban J connectivity index is 1.52. The summed E-state index contributed by atoms with van der Waals surface area (Å²) in [4.78, 5) is 37.4. The van der Waals surface area contributed by atoms with E-state index in [2.05, 4.69) is 30.9 Å². The Morgan fingerprint density at radius 2 is 1.89 bits per heavy atom. The zero-order valence-corrected chi connectivity index (χ0v) is 20.7. The molecule has 0 unspecified atom stereocenters. The summed E-state index contributed by atoms with van der Waals surface area (Å²) in [6.45, 7) is 1.13. The highest BCUT2D eigenvalue weighted by molar-refractivity contribution is 7.19. The van der Waals surface area contributed by atoms with Crippen LogP contribution in [-0.4, -0.2) is 44.0 Å². The summed E-state index contributed by atoms with van der Waals surface area (Å²) in [5.41, 5.74) is -0.102. The number of aliphatic hydroxyl groups excluding tert-OH is 1. The number of aromatic nitrogens is 3. The van der Waals surface area contributed by atoms with Gasteiger partial charge in [-0.15, -0.1) is 0 Å². The molecule has 196 valence electrons. The highest BCUT2D eigenvalue weighted by Gasteiger charge is 2.41.